The standard InChI is InChI=1S/C22H23F3N4O3S/c1-4-28(5-2)33(31,32)19-11-9-17(10-12-19)27-21(30)20-14-26-29(15(20)3)18-8-6-7-16(13-18)22(23,24)25/h6-14H,4-5H2,1-3H3,(H,27,30). The van der Waals surface area contributed by atoms with Crippen molar-refractivity contribution in [3.8, 4) is 5.69 Å². The Morgan fingerprint density at radius 1 is 1.09 bits per heavy atom. The minimum absolute atomic E-state index is 0.109. The van der Waals surface area contributed by atoms with Crippen LogP contribution in [-0.4, -0.2) is 41.5 Å². The summed E-state index contributed by atoms with van der Waals surface area (Å²) in [5.74, 6) is -0.523. The van der Waals surface area contributed by atoms with Crippen molar-refractivity contribution in [1.82, 2.24) is 14.1 Å². The van der Waals surface area contributed by atoms with Crippen molar-refractivity contribution < 1.29 is 26.4 Å². The van der Waals surface area contributed by atoms with Gasteiger partial charge in [0, 0.05) is 18.8 Å². The number of aromatic nitrogens is 2. The third-order valence-corrected chi connectivity index (χ3v) is 7.19. The van der Waals surface area contributed by atoms with E-state index in [4.69, 9.17) is 0 Å². The summed E-state index contributed by atoms with van der Waals surface area (Å²) in [6.07, 6.45) is -3.23. The number of alkyl halides is 3. The fraction of sp³-hybridized carbons (Fsp3) is 0.273. The molecule has 0 aliphatic carbocycles. The van der Waals surface area contributed by atoms with E-state index in [2.05, 4.69) is 10.4 Å². The van der Waals surface area contributed by atoms with Crippen molar-refractivity contribution in [2.45, 2.75) is 31.8 Å². The van der Waals surface area contributed by atoms with Gasteiger partial charge in [0.15, 0.2) is 0 Å². The first-order chi connectivity index (χ1) is 15.5. The van der Waals surface area contributed by atoms with E-state index in [0.717, 1.165) is 12.1 Å². The Hall–Kier alpha value is -3.18. The topological polar surface area (TPSA) is 84.3 Å². The lowest BCUT2D eigenvalue weighted by Gasteiger charge is -2.18. The second kappa shape index (κ2) is 9.36. The predicted octanol–water partition coefficient (Wildman–Crippen LogP) is 4.48. The van der Waals surface area contributed by atoms with E-state index < -0.39 is 27.7 Å². The molecule has 2 aromatic carbocycles. The van der Waals surface area contributed by atoms with Crippen LogP contribution in [0.2, 0.25) is 0 Å². The largest absolute Gasteiger partial charge is 0.416 e. The van der Waals surface area contributed by atoms with E-state index in [1.807, 2.05) is 0 Å². The normalized spacial score (nSPS) is 12.2. The Labute approximate surface area is 189 Å². The second-order valence-electron chi connectivity index (χ2n) is 7.17. The highest BCUT2D eigenvalue weighted by atomic mass is 32.2. The van der Waals surface area contributed by atoms with E-state index in [0.29, 0.717) is 24.5 Å². The summed E-state index contributed by atoms with van der Waals surface area (Å²) in [6.45, 7) is 5.75. The maximum atomic E-state index is 13.0. The van der Waals surface area contributed by atoms with Gasteiger partial charge in [-0.15, -0.1) is 0 Å². The Bertz CT molecular complexity index is 1250. The quantitative estimate of drug-likeness (QED) is 0.540. The molecule has 0 saturated heterocycles. The van der Waals surface area contributed by atoms with Gasteiger partial charge >= 0.3 is 6.18 Å². The Balaban J connectivity index is 1.81. The van der Waals surface area contributed by atoms with Crippen LogP contribution in [0.25, 0.3) is 5.69 Å². The Kier molecular flexibility index (Phi) is 6.94. The van der Waals surface area contributed by atoms with Crippen LogP contribution in [0.5, 0.6) is 0 Å². The number of rotatable bonds is 7. The highest BCUT2D eigenvalue weighted by Gasteiger charge is 2.31. The maximum absolute atomic E-state index is 13.0. The molecule has 0 unspecified atom stereocenters. The smallest absolute Gasteiger partial charge is 0.322 e. The average molecular weight is 481 g/mol. The number of sulfonamides is 1. The molecule has 11 heteroatoms. The van der Waals surface area contributed by atoms with Crippen molar-refractivity contribution in [1.29, 1.82) is 0 Å². The lowest BCUT2D eigenvalue weighted by atomic mass is 10.2. The molecule has 0 atom stereocenters. The molecular weight excluding hydrogens is 457 g/mol. The minimum atomic E-state index is -4.50. The third-order valence-electron chi connectivity index (χ3n) is 5.13. The van der Waals surface area contributed by atoms with Crippen LogP contribution < -0.4 is 5.32 Å². The van der Waals surface area contributed by atoms with E-state index in [1.54, 1.807) is 20.8 Å². The molecule has 0 saturated carbocycles. The molecule has 3 rings (SSSR count). The first-order valence-electron chi connectivity index (χ1n) is 10.1. The highest BCUT2D eigenvalue weighted by Crippen LogP contribution is 2.30. The zero-order chi connectivity index (χ0) is 24.4. The summed E-state index contributed by atoms with van der Waals surface area (Å²) in [7, 11) is -3.62. The summed E-state index contributed by atoms with van der Waals surface area (Å²) in [4.78, 5) is 12.8. The average Bonchev–Trinajstić information content (AvgIpc) is 3.15. The molecule has 3 aromatic rings. The van der Waals surface area contributed by atoms with Crippen molar-refractivity contribution in [2.75, 3.05) is 18.4 Å². The van der Waals surface area contributed by atoms with E-state index in [1.165, 1.54) is 51.6 Å². The number of benzene rings is 2. The molecule has 33 heavy (non-hydrogen) atoms. The number of nitrogens with one attached hydrogen (secondary N) is 1. The fourth-order valence-corrected chi connectivity index (χ4v) is 4.79. The number of carbonyl (C=O) groups is 1. The summed E-state index contributed by atoms with van der Waals surface area (Å²) < 4.78 is 66.8. The van der Waals surface area contributed by atoms with E-state index >= 15 is 0 Å². The van der Waals surface area contributed by atoms with Crippen LogP contribution in [-0.2, 0) is 16.2 Å². The Morgan fingerprint density at radius 3 is 2.30 bits per heavy atom. The molecule has 176 valence electrons. The molecule has 1 N–H and O–H groups in total. The van der Waals surface area contributed by atoms with Crippen LogP contribution in [0, 0.1) is 6.92 Å². The van der Waals surface area contributed by atoms with Gasteiger partial charge in [0.2, 0.25) is 10.0 Å². The SMILES string of the molecule is CCN(CC)S(=O)(=O)c1ccc(NC(=O)c2cnn(-c3cccc(C(F)(F)F)c3)c2C)cc1. The van der Waals surface area contributed by atoms with Crippen LogP contribution in [0.3, 0.4) is 0 Å². The van der Waals surface area contributed by atoms with Gasteiger partial charge in [-0.1, -0.05) is 19.9 Å². The van der Waals surface area contributed by atoms with Crippen molar-refractivity contribution in [3.05, 3.63) is 71.5 Å². The van der Waals surface area contributed by atoms with Gasteiger partial charge in [-0.05, 0) is 49.4 Å². The van der Waals surface area contributed by atoms with Crippen LogP contribution in [0.1, 0.15) is 35.5 Å². The minimum Gasteiger partial charge on any atom is -0.322 e. The van der Waals surface area contributed by atoms with Gasteiger partial charge in [0.25, 0.3) is 5.91 Å². The molecule has 1 amide bonds. The van der Waals surface area contributed by atoms with Crippen molar-refractivity contribution >= 4 is 21.6 Å². The summed E-state index contributed by atoms with van der Waals surface area (Å²) >= 11 is 0. The zero-order valence-corrected chi connectivity index (χ0v) is 19.0. The molecule has 0 radical (unpaired) electrons. The number of anilines is 1. The second-order valence-corrected chi connectivity index (χ2v) is 9.11. The van der Waals surface area contributed by atoms with Gasteiger partial charge in [-0.2, -0.15) is 22.6 Å². The lowest BCUT2D eigenvalue weighted by Crippen LogP contribution is -2.30. The van der Waals surface area contributed by atoms with Crippen molar-refractivity contribution in [3.63, 3.8) is 0 Å². The van der Waals surface area contributed by atoms with Gasteiger partial charge in [-0.3, -0.25) is 4.79 Å². The first kappa shape index (κ1) is 24.5. The molecule has 0 bridgehead atoms. The lowest BCUT2D eigenvalue weighted by molar-refractivity contribution is -0.137. The van der Waals surface area contributed by atoms with Crippen molar-refractivity contribution in [2.24, 2.45) is 0 Å². The molecule has 1 aromatic heterocycles. The number of hydrogen-bond donors (Lipinski definition) is 1. The van der Waals surface area contributed by atoms with E-state index in [9.17, 15) is 26.4 Å². The molecule has 0 fully saturated rings. The summed E-state index contributed by atoms with van der Waals surface area (Å²) in [5, 5.41) is 6.71. The van der Waals surface area contributed by atoms with Gasteiger partial charge in [-0.25, -0.2) is 13.1 Å². The fourth-order valence-electron chi connectivity index (χ4n) is 3.33. The number of hydrogen-bond acceptors (Lipinski definition) is 4. The van der Waals surface area contributed by atoms with Crippen LogP contribution >= 0.6 is 0 Å². The number of carbonyl (C=O) groups excluding carboxylic acids is 1. The molecular formula is C22H23F3N4O3S. The maximum Gasteiger partial charge on any atom is 0.416 e. The number of nitrogens with zero attached hydrogens (tertiary/aromatic N) is 3. The highest BCUT2D eigenvalue weighted by molar-refractivity contribution is 7.89. The zero-order valence-electron chi connectivity index (χ0n) is 18.2. The monoisotopic (exact) mass is 480 g/mol. The van der Waals surface area contributed by atoms with Crippen LogP contribution in [0.4, 0.5) is 18.9 Å². The molecule has 0 aliphatic rings. The molecule has 0 spiro atoms. The van der Waals surface area contributed by atoms with Crippen LogP contribution in [0.15, 0.2) is 59.6 Å². The number of amides is 1. The molecule has 0 aliphatic heterocycles. The summed E-state index contributed by atoms with van der Waals surface area (Å²) in [6, 6.07) is 10.4. The Morgan fingerprint density at radius 2 is 1.73 bits per heavy atom. The van der Waals surface area contributed by atoms with E-state index in [-0.39, 0.29) is 16.1 Å². The van der Waals surface area contributed by atoms with Gasteiger partial charge in [0.1, 0.15) is 0 Å². The van der Waals surface area contributed by atoms with Gasteiger partial charge in [0.05, 0.1) is 33.6 Å². The predicted molar refractivity (Wildman–Crippen MR) is 118 cm³/mol. The molecule has 1 heterocycles. The summed E-state index contributed by atoms with van der Waals surface area (Å²) in [5.41, 5.74) is 0.248. The number of halogens is 3. The molecule has 7 nitrogen and oxygen atoms in total. The first-order valence-corrected chi connectivity index (χ1v) is 11.6. The third kappa shape index (κ3) is 5.09. The van der Waals surface area contributed by atoms with Gasteiger partial charge < -0.3 is 5.32 Å².